The molecule has 1 atom stereocenters. The second kappa shape index (κ2) is 7.94. The number of rotatable bonds is 1. The molecule has 6 heteroatoms. The summed E-state index contributed by atoms with van der Waals surface area (Å²) < 4.78 is 17.2. The SMILES string of the molecule is CC(C)(C)OC(=O)N1CCC[C@H]1C(=O)O.Cc1ccc(F)cc1. The van der Waals surface area contributed by atoms with Crippen LogP contribution in [0, 0.1) is 12.7 Å². The van der Waals surface area contributed by atoms with E-state index in [1.165, 1.54) is 17.0 Å². The van der Waals surface area contributed by atoms with Crippen molar-refractivity contribution in [3.05, 3.63) is 35.6 Å². The lowest BCUT2D eigenvalue weighted by atomic mass is 10.2. The maximum atomic E-state index is 12.1. The number of likely N-dealkylation sites (tertiary alicyclic amines) is 1. The molecule has 5 nitrogen and oxygen atoms in total. The molecule has 0 aromatic heterocycles. The van der Waals surface area contributed by atoms with Crippen LogP contribution in [0.4, 0.5) is 9.18 Å². The maximum Gasteiger partial charge on any atom is 0.411 e. The lowest BCUT2D eigenvalue weighted by molar-refractivity contribution is -0.142. The lowest BCUT2D eigenvalue weighted by Gasteiger charge is -2.26. The number of hydrogen-bond donors (Lipinski definition) is 1. The molecule has 0 aliphatic carbocycles. The second-order valence-corrected chi connectivity index (χ2v) is 6.47. The minimum Gasteiger partial charge on any atom is -0.480 e. The fourth-order valence-electron chi connectivity index (χ4n) is 2.10. The van der Waals surface area contributed by atoms with Crippen LogP contribution in [0.2, 0.25) is 0 Å². The number of carboxylic acid groups (broad SMARTS) is 1. The normalized spacial score (nSPS) is 17.3. The Morgan fingerprint density at radius 1 is 1.26 bits per heavy atom. The number of hydrogen-bond acceptors (Lipinski definition) is 3. The number of amides is 1. The van der Waals surface area contributed by atoms with Crippen LogP contribution in [-0.2, 0) is 9.53 Å². The highest BCUT2D eigenvalue weighted by molar-refractivity contribution is 5.80. The molecule has 0 spiro atoms. The summed E-state index contributed by atoms with van der Waals surface area (Å²) >= 11 is 0. The molecule has 23 heavy (non-hydrogen) atoms. The van der Waals surface area contributed by atoms with E-state index in [1.807, 2.05) is 6.92 Å². The zero-order chi connectivity index (χ0) is 17.6. The summed E-state index contributed by atoms with van der Waals surface area (Å²) in [5.41, 5.74) is 0.509. The van der Waals surface area contributed by atoms with Crippen LogP contribution in [0.3, 0.4) is 0 Å². The fourth-order valence-corrected chi connectivity index (χ4v) is 2.10. The van der Waals surface area contributed by atoms with Gasteiger partial charge in [-0.3, -0.25) is 4.90 Å². The first-order chi connectivity index (χ1) is 10.6. The van der Waals surface area contributed by atoms with Crippen LogP contribution in [0.15, 0.2) is 24.3 Å². The third-order valence-electron chi connectivity index (χ3n) is 3.18. The Morgan fingerprint density at radius 2 is 1.83 bits per heavy atom. The van der Waals surface area contributed by atoms with Crippen molar-refractivity contribution in [2.75, 3.05) is 6.54 Å². The highest BCUT2D eigenvalue weighted by Gasteiger charge is 2.36. The van der Waals surface area contributed by atoms with Crippen molar-refractivity contribution in [1.29, 1.82) is 0 Å². The number of carbonyl (C=O) groups is 2. The number of halogens is 1. The van der Waals surface area contributed by atoms with E-state index in [0.29, 0.717) is 13.0 Å². The summed E-state index contributed by atoms with van der Waals surface area (Å²) in [6, 6.07) is 5.68. The topological polar surface area (TPSA) is 66.8 Å². The molecule has 2 rings (SSSR count). The van der Waals surface area contributed by atoms with E-state index in [9.17, 15) is 14.0 Å². The average Bonchev–Trinajstić information content (AvgIpc) is 2.90. The van der Waals surface area contributed by atoms with Crippen molar-refractivity contribution >= 4 is 12.1 Å². The standard InChI is InChI=1S/C10H17NO4.C7H7F/c1-10(2,3)15-9(14)11-6-4-5-7(11)8(12)13;1-6-2-4-7(8)5-3-6/h7H,4-6H2,1-3H3,(H,12,13);2-5H,1H3/t7-;/m0./s1. The first-order valence-electron chi connectivity index (χ1n) is 7.55. The number of ether oxygens (including phenoxy) is 1. The van der Waals surface area contributed by atoms with Crippen LogP contribution in [0.1, 0.15) is 39.2 Å². The van der Waals surface area contributed by atoms with Gasteiger partial charge < -0.3 is 9.84 Å². The number of benzene rings is 1. The summed E-state index contributed by atoms with van der Waals surface area (Å²) in [5, 5.41) is 8.88. The van der Waals surface area contributed by atoms with Gasteiger partial charge in [0.25, 0.3) is 0 Å². The molecule has 1 heterocycles. The van der Waals surface area contributed by atoms with Gasteiger partial charge in [0.2, 0.25) is 0 Å². The van der Waals surface area contributed by atoms with Gasteiger partial charge in [-0.1, -0.05) is 17.7 Å². The number of carboxylic acids is 1. The van der Waals surface area contributed by atoms with Gasteiger partial charge in [-0.25, -0.2) is 14.0 Å². The molecular weight excluding hydrogens is 301 g/mol. The summed E-state index contributed by atoms with van der Waals surface area (Å²) in [7, 11) is 0. The maximum absolute atomic E-state index is 12.1. The molecule has 1 aliphatic rings. The Hall–Kier alpha value is -2.11. The van der Waals surface area contributed by atoms with Crippen molar-refractivity contribution in [1.82, 2.24) is 4.90 Å². The van der Waals surface area contributed by atoms with Crippen LogP contribution in [-0.4, -0.2) is 40.3 Å². The predicted octanol–water partition coefficient (Wildman–Crippen LogP) is 3.60. The average molecular weight is 325 g/mol. The van der Waals surface area contributed by atoms with Crippen molar-refractivity contribution < 1.29 is 23.8 Å². The van der Waals surface area contributed by atoms with Crippen molar-refractivity contribution in [3.63, 3.8) is 0 Å². The molecule has 1 amide bonds. The number of nitrogens with zero attached hydrogens (tertiary/aromatic N) is 1. The molecule has 1 aromatic carbocycles. The molecule has 1 fully saturated rings. The van der Waals surface area contributed by atoms with Gasteiger partial charge in [-0.05, 0) is 52.7 Å². The van der Waals surface area contributed by atoms with Crippen LogP contribution in [0.25, 0.3) is 0 Å². The fraction of sp³-hybridized carbons (Fsp3) is 0.529. The van der Waals surface area contributed by atoms with Crippen LogP contribution in [0.5, 0.6) is 0 Å². The quantitative estimate of drug-likeness (QED) is 0.856. The highest BCUT2D eigenvalue weighted by Crippen LogP contribution is 2.20. The van der Waals surface area contributed by atoms with Gasteiger partial charge in [0.1, 0.15) is 17.5 Å². The minimum absolute atomic E-state index is 0.171. The van der Waals surface area contributed by atoms with Gasteiger partial charge in [-0.15, -0.1) is 0 Å². The zero-order valence-electron chi connectivity index (χ0n) is 14.0. The van der Waals surface area contributed by atoms with Crippen LogP contribution < -0.4 is 0 Å². The number of aryl methyl sites for hydroxylation is 1. The van der Waals surface area contributed by atoms with E-state index in [4.69, 9.17) is 9.84 Å². The van der Waals surface area contributed by atoms with Gasteiger partial charge in [-0.2, -0.15) is 0 Å². The first kappa shape index (κ1) is 18.9. The monoisotopic (exact) mass is 325 g/mol. The molecule has 1 N–H and O–H groups in total. The zero-order valence-corrected chi connectivity index (χ0v) is 14.0. The summed E-state index contributed by atoms with van der Waals surface area (Å²) in [5.74, 6) is -1.13. The van der Waals surface area contributed by atoms with Gasteiger partial charge in [0.15, 0.2) is 0 Å². The molecular formula is C17H24FNO4. The smallest absolute Gasteiger partial charge is 0.411 e. The van der Waals surface area contributed by atoms with Gasteiger partial charge >= 0.3 is 12.1 Å². The van der Waals surface area contributed by atoms with E-state index < -0.39 is 23.7 Å². The molecule has 1 saturated heterocycles. The first-order valence-corrected chi connectivity index (χ1v) is 7.55. The Labute approximate surface area is 136 Å². The molecule has 0 bridgehead atoms. The Kier molecular flexibility index (Phi) is 6.54. The summed E-state index contributed by atoms with van der Waals surface area (Å²) in [4.78, 5) is 23.7. The molecule has 0 unspecified atom stereocenters. The second-order valence-electron chi connectivity index (χ2n) is 6.47. The van der Waals surface area contributed by atoms with Crippen LogP contribution >= 0.6 is 0 Å². The van der Waals surface area contributed by atoms with Crippen molar-refractivity contribution in [2.45, 2.75) is 52.2 Å². The highest BCUT2D eigenvalue weighted by atomic mass is 19.1. The molecule has 1 aliphatic heterocycles. The molecule has 1 aromatic rings. The Balaban J connectivity index is 0.000000277. The molecule has 0 saturated carbocycles. The minimum atomic E-state index is -0.960. The van der Waals surface area contributed by atoms with Gasteiger partial charge in [0, 0.05) is 6.54 Å². The van der Waals surface area contributed by atoms with Crippen molar-refractivity contribution in [2.24, 2.45) is 0 Å². The molecule has 128 valence electrons. The van der Waals surface area contributed by atoms with Crippen molar-refractivity contribution in [3.8, 4) is 0 Å². The largest absolute Gasteiger partial charge is 0.480 e. The third kappa shape index (κ3) is 6.67. The third-order valence-corrected chi connectivity index (χ3v) is 3.18. The van der Waals surface area contributed by atoms with E-state index in [2.05, 4.69) is 0 Å². The Morgan fingerprint density at radius 3 is 2.26 bits per heavy atom. The predicted molar refractivity (Wildman–Crippen MR) is 84.7 cm³/mol. The summed E-state index contributed by atoms with van der Waals surface area (Å²) in [6.07, 6.45) is 0.692. The van der Waals surface area contributed by atoms with E-state index >= 15 is 0 Å². The lowest BCUT2D eigenvalue weighted by Crippen LogP contribution is -2.43. The molecule has 0 radical (unpaired) electrons. The Bertz CT molecular complexity index is 516. The number of carbonyl (C=O) groups excluding carboxylic acids is 1. The number of aliphatic carboxylic acids is 1. The summed E-state index contributed by atoms with van der Waals surface area (Å²) in [6.45, 7) is 7.68. The van der Waals surface area contributed by atoms with Gasteiger partial charge in [0.05, 0.1) is 0 Å². The van der Waals surface area contributed by atoms with E-state index in [-0.39, 0.29) is 5.82 Å². The van der Waals surface area contributed by atoms with E-state index in [0.717, 1.165) is 12.0 Å². The van der Waals surface area contributed by atoms with E-state index in [1.54, 1.807) is 32.9 Å².